The monoisotopic (exact) mass is 466 g/mol. The van der Waals surface area contributed by atoms with Crippen LogP contribution >= 0.6 is 12.2 Å². The zero-order chi connectivity index (χ0) is 23.6. The summed E-state index contributed by atoms with van der Waals surface area (Å²) in [5.74, 6) is -0.334. The highest BCUT2D eigenvalue weighted by Crippen LogP contribution is 2.36. The van der Waals surface area contributed by atoms with Gasteiger partial charge in [0.15, 0.2) is 5.11 Å². The van der Waals surface area contributed by atoms with Crippen molar-refractivity contribution in [3.05, 3.63) is 68.8 Å². The van der Waals surface area contributed by atoms with E-state index in [4.69, 9.17) is 12.2 Å². The van der Waals surface area contributed by atoms with Gasteiger partial charge in [0.05, 0.1) is 10.5 Å². The van der Waals surface area contributed by atoms with E-state index < -0.39 is 22.4 Å². The van der Waals surface area contributed by atoms with Gasteiger partial charge in [0, 0.05) is 37.8 Å². The molecule has 0 saturated carbocycles. The number of nitrogens with one attached hydrogen (secondary N) is 1. The second-order valence-electron chi connectivity index (χ2n) is 7.49. The van der Waals surface area contributed by atoms with Crippen LogP contribution in [0.5, 0.6) is 0 Å². The zero-order valence-corrected chi connectivity index (χ0v) is 18.2. The number of nitro groups is 1. The maximum Gasteiger partial charge on any atom is 0.416 e. The average Bonchev–Trinajstić information content (AvgIpc) is 2.74. The van der Waals surface area contributed by atoms with Crippen molar-refractivity contribution in [2.24, 2.45) is 0 Å². The highest BCUT2D eigenvalue weighted by molar-refractivity contribution is 7.80. The lowest BCUT2D eigenvalue weighted by Crippen LogP contribution is -2.52. The van der Waals surface area contributed by atoms with Crippen molar-refractivity contribution >= 4 is 34.6 Å². The molecule has 3 rings (SSSR count). The van der Waals surface area contributed by atoms with E-state index in [1.165, 1.54) is 0 Å². The Balaban J connectivity index is 1.65. The average molecular weight is 466 g/mol. The van der Waals surface area contributed by atoms with E-state index in [2.05, 4.69) is 5.32 Å². The summed E-state index contributed by atoms with van der Waals surface area (Å²) in [7, 11) is 0. The van der Waals surface area contributed by atoms with Crippen molar-refractivity contribution in [3.63, 3.8) is 0 Å². The zero-order valence-electron chi connectivity index (χ0n) is 17.4. The molecule has 2 aromatic rings. The molecule has 1 saturated heterocycles. The predicted octanol–water partition coefficient (Wildman–Crippen LogP) is 4.07. The van der Waals surface area contributed by atoms with Gasteiger partial charge in [-0.3, -0.25) is 20.2 Å². The van der Waals surface area contributed by atoms with E-state index >= 15 is 0 Å². The summed E-state index contributed by atoms with van der Waals surface area (Å²) < 4.78 is 38.8. The molecule has 170 valence electrons. The first-order valence-corrected chi connectivity index (χ1v) is 10.2. The van der Waals surface area contributed by atoms with Gasteiger partial charge in [-0.1, -0.05) is 6.07 Å². The molecule has 0 atom stereocenters. The summed E-state index contributed by atoms with van der Waals surface area (Å²) >= 11 is 5.33. The summed E-state index contributed by atoms with van der Waals surface area (Å²) in [6.45, 7) is 5.15. The predicted molar refractivity (Wildman–Crippen MR) is 118 cm³/mol. The number of alkyl halides is 3. The molecular weight excluding hydrogens is 445 g/mol. The van der Waals surface area contributed by atoms with Gasteiger partial charge in [-0.2, -0.15) is 13.2 Å². The van der Waals surface area contributed by atoms with Crippen molar-refractivity contribution in [2.75, 3.05) is 31.1 Å². The van der Waals surface area contributed by atoms with Gasteiger partial charge < -0.3 is 9.80 Å². The maximum absolute atomic E-state index is 12.9. The fourth-order valence-electron chi connectivity index (χ4n) is 3.39. The van der Waals surface area contributed by atoms with Crippen LogP contribution in [0, 0.1) is 24.0 Å². The third-order valence-corrected chi connectivity index (χ3v) is 5.76. The third-order valence-electron chi connectivity index (χ3n) is 5.40. The van der Waals surface area contributed by atoms with Crippen molar-refractivity contribution in [3.8, 4) is 0 Å². The van der Waals surface area contributed by atoms with Crippen LogP contribution in [-0.4, -0.2) is 47.0 Å². The summed E-state index contributed by atoms with van der Waals surface area (Å²) in [6.07, 6.45) is -4.66. The fraction of sp³-hybridized carbons (Fsp3) is 0.333. The lowest BCUT2D eigenvalue weighted by Gasteiger charge is -2.37. The van der Waals surface area contributed by atoms with E-state index in [1.807, 2.05) is 19.9 Å². The first-order valence-electron chi connectivity index (χ1n) is 9.75. The Morgan fingerprint density at radius 2 is 1.72 bits per heavy atom. The van der Waals surface area contributed by atoms with Crippen LogP contribution in [0.25, 0.3) is 0 Å². The first kappa shape index (κ1) is 23.5. The number of piperazine rings is 1. The molecule has 0 bridgehead atoms. The Hall–Kier alpha value is -3.21. The Morgan fingerprint density at radius 3 is 2.28 bits per heavy atom. The number of hydrogen-bond donors (Lipinski definition) is 1. The number of carbonyl (C=O) groups excluding carboxylic acids is 1. The van der Waals surface area contributed by atoms with Crippen molar-refractivity contribution < 1.29 is 22.9 Å². The third kappa shape index (κ3) is 5.16. The topological polar surface area (TPSA) is 78.7 Å². The van der Waals surface area contributed by atoms with Crippen LogP contribution in [0.15, 0.2) is 36.4 Å². The number of hydrogen-bond acceptors (Lipinski definition) is 5. The second kappa shape index (κ2) is 9.11. The summed E-state index contributed by atoms with van der Waals surface area (Å²) in [6, 6.07) is 7.84. The minimum atomic E-state index is -4.66. The number of carbonyl (C=O) groups is 1. The Labute approximate surface area is 188 Å². The molecule has 1 heterocycles. The first-order chi connectivity index (χ1) is 15.0. The van der Waals surface area contributed by atoms with E-state index in [1.54, 1.807) is 21.9 Å². The number of aryl methyl sites for hydroxylation is 2. The number of benzene rings is 2. The van der Waals surface area contributed by atoms with E-state index in [0.717, 1.165) is 23.3 Å². The number of anilines is 1. The number of rotatable bonds is 3. The number of halogens is 3. The van der Waals surface area contributed by atoms with Gasteiger partial charge in [0.25, 0.3) is 11.6 Å². The van der Waals surface area contributed by atoms with Crippen LogP contribution in [0.1, 0.15) is 27.0 Å². The molecule has 1 aliphatic heterocycles. The van der Waals surface area contributed by atoms with Crippen LogP contribution < -0.4 is 10.2 Å². The van der Waals surface area contributed by atoms with E-state index in [0.29, 0.717) is 37.8 Å². The molecule has 0 aliphatic carbocycles. The minimum absolute atomic E-state index is 0.118. The Bertz CT molecular complexity index is 1070. The number of amides is 1. The largest absolute Gasteiger partial charge is 0.416 e. The number of nitro benzene ring substituents is 1. The molecule has 0 unspecified atom stereocenters. The lowest BCUT2D eigenvalue weighted by molar-refractivity contribution is -0.384. The van der Waals surface area contributed by atoms with Crippen molar-refractivity contribution in [2.45, 2.75) is 20.0 Å². The standard InChI is InChI=1S/C21H21F3N4O3S/c1-13-3-4-15(11-14(13)2)19(29)25-20(32)27-9-7-26(8-10-27)17-6-5-16(21(22,23)24)12-18(17)28(30)31/h3-6,11-12H,7-10H2,1-2H3,(H,25,29,32). The van der Waals surface area contributed by atoms with Crippen LogP contribution in [0.3, 0.4) is 0 Å². The van der Waals surface area contributed by atoms with E-state index in [-0.39, 0.29) is 16.7 Å². The lowest BCUT2D eigenvalue weighted by atomic mass is 10.1. The van der Waals surface area contributed by atoms with Gasteiger partial charge in [0.2, 0.25) is 0 Å². The van der Waals surface area contributed by atoms with Gasteiger partial charge in [-0.25, -0.2) is 0 Å². The van der Waals surface area contributed by atoms with Gasteiger partial charge in [-0.05, 0) is 61.5 Å². The molecule has 0 aromatic heterocycles. The van der Waals surface area contributed by atoms with Crippen molar-refractivity contribution in [1.82, 2.24) is 10.2 Å². The maximum atomic E-state index is 12.9. The summed E-state index contributed by atoms with van der Waals surface area (Å²) in [5, 5.41) is 14.3. The van der Waals surface area contributed by atoms with Crippen molar-refractivity contribution in [1.29, 1.82) is 0 Å². The molecule has 32 heavy (non-hydrogen) atoms. The second-order valence-corrected chi connectivity index (χ2v) is 7.88. The Kier molecular flexibility index (Phi) is 6.68. The van der Waals surface area contributed by atoms with Crippen LogP contribution in [0.4, 0.5) is 24.5 Å². The van der Waals surface area contributed by atoms with E-state index in [9.17, 15) is 28.1 Å². The molecule has 2 aromatic carbocycles. The quantitative estimate of drug-likeness (QED) is 0.418. The molecule has 1 aliphatic rings. The Morgan fingerprint density at radius 1 is 1.06 bits per heavy atom. The summed E-state index contributed by atoms with van der Waals surface area (Å²) in [5.41, 5.74) is 0.982. The SMILES string of the molecule is Cc1ccc(C(=O)NC(=S)N2CCN(c3ccc(C(F)(F)F)cc3[N+](=O)[O-])CC2)cc1C. The van der Waals surface area contributed by atoms with Gasteiger partial charge in [0.1, 0.15) is 5.69 Å². The smallest absolute Gasteiger partial charge is 0.362 e. The molecule has 0 radical (unpaired) electrons. The highest BCUT2D eigenvalue weighted by Gasteiger charge is 2.34. The molecular formula is C21H21F3N4O3S. The van der Waals surface area contributed by atoms with Crippen LogP contribution in [-0.2, 0) is 6.18 Å². The molecule has 0 spiro atoms. The fourth-order valence-corrected chi connectivity index (χ4v) is 3.67. The van der Waals surface area contributed by atoms with Gasteiger partial charge >= 0.3 is 6.18 Å². The van der Waals surface area contributed by atoms with Crippen LogP contribution in [0.2, 0.25) is 0 Å². The molecule has 1 amide bonds. The molecule has 1 fully saturated rings. The highest BCUT2D eigenvalue weighted by atomic mass is 32.1. The van der Waals surface area contributed by atoms with Gasteiger partial charge in [-0.15, -0.1) is 0 Å². The summed E-state index contributed by atoms with van der Waals surface area (Å²) in [4.78, 5) is 26.4. The molecule has 11 heteroatoms. The number of nitrogens with zero attached hydrogens (tertiary/aromatic N) is 3. The molecule has 7 nitrogen and oxygen atoms in total. The number of thiocarbonyl (C=S) groups is 1. The normalized spacial score (nSPS) is 14.3. The molecule has 1 N–H and O–H groups in total. The minimum Gasteiger partial charge on any atom is -0.362 e.